The molecule has 0 aliphatic carbocycles. The number of hydrogen-bond acceptors (Lipinski definition) is 10. The molecular formula is C24H24FN7O6. The van der Waals surface area contributed by atoms with Crippen LogP contribution in [0.25, 0.3) is 0 Å². The predicted molar refractivity (Wildman–Crippen MR) is 130 cm³/mol. The smallest absolute Gasteiger partial charge is 0.300 e. The lowest BCUT2D eigenvalue weighted by Gasteiger charge is -2.09. The topological polar surface area (TPSA) is 192 Å². The summed E-state index contributed by atoms with van der Waals surface area (Å²) in [7, 11) is 1.37. The van der Waals surface area contributed by atoms with Crippen LogP contribution in [0.5, 0.6) is 5.75 Å². The number of nitrogens with one attached hydrogen (secondary N) is 1. The fraction of sp³-hybridized carbons (Fsp3) is 0.250. The summed E-state index contributed by atoms with van der Waals surface area (Å²) in [6.45, 7) is 2.90. The molecule has 4 rings (SSSR count). The molecule has 0 saturated carbocycles. The molecule has 1 atom stereocenters. The maximum Gasteiger partial charge on any atom is 0.300 e. The Morgan fingerprint density at radius 2 is 1.89 bits per heavy atom. The zero-order valence-corrected chi connectivity index (χ0v) is 20.6. The van der Waals surface area contributed by atoms with Crippen molar-refractivity contribution >= 4 is 23.5 Å². The summed E-state index contributed by atoms with van der Waals surface area (Å²) in [5.41, 5.74) is 7.45. The number of carbonyl (C=O) groups excluding carboxylic acids is 2. The van der Waals surface area contributed by atoms with E-state index in [4.69, 9.17) is 25.2 Å². The van der Waals surface area contributed by atoms with Crippen molar-refractivity contribution in [2.75, 3.05) is 7.11 Å². The molecule has 1 aromatic carbocycles. The fourth-order valence-electron chi connectivity index (χ4n) is 3.25. The number of aromatic nitrogens is 4. The van der Waals surface area contributed by atoms with Crippen molar-refractivity contribution in [2.45, 2.75) is 32.9 Å². The lowest BCUT2D eigenvalue weighted by Crippen LogP contribution is -2.25. The zero-order chi connectivity index (χ0) is 27.8. The average Bonchev–Trinajstić information content (AvgIpc) is 3.38. The van der Waals surface area contributed by atoms with Gasteiger partial charge in [0.2, 0.25) is 0 Å². The number of amides is 2. The quantitative estimate of drug-likeness (QED) is 0.409. The first-order valence-corrected chi connectivity index (χ1v) is 11.1. The van der Waals surface area contributed by atoms with Gasteiger partial charge in [-0.15, -0.1) is 5.10 Å². The van der Waals surface area contributed by atoms with Crippen LogP contribution in [0, 0.1) is 12.7 Å². The summed E-state index contributed by atoms with van der Waals surface area (Å²) in [6, 6.07) is 8.90. The van der Waals surface area contributed by atoms with E-state index in [1.165, 1.54) is 31.4 Å². The summed E-state index contributed by atoms with van der Waals surface area (Å²) >= 11 is 0. The van der Waals surface area contributed by atoms with Crippen molar-refractivity contribution in [3.05, 3.63) is 76.4 Å². The molecule has 2 aromatic heterocycles. The SMILES string of the molecule is CC(=O)O.COc1cc(CNC(=O)c2cc(C3=NOC(c4ccc(C(N)=O)nn4)C3)nc(C)n2)ccc1F. The second-order valence-corrected chi connectivity index (χ2v) is 7.90. The molecular weight excluding hydrogens is 501 g/mol. The van der Waals surface area contributed by atoms with Gasteiger partial charge in [-0.2, -0.15) is 5.10 Å². The Kier molecular flexibility index (Phi) is 8.92. The second kappa shape index (κ2) is 12.3. The predicted octanol–water partition coefficient (Wildman–Crippen LogP) is 1.71. The Labute approximate surface area is 215 Å². The molecule has 0 radical (unpaired) electrons. The standard InChI is InChI=1S/C22H20FN7O4.C2H4O2/c1-11-26-16(17-9-20(34-30-17)14-5-6-15(21(24)31)29-28-14)8-18(27-11)22(32)25-10-12-3-4-13(23)19(7-12)33-2;1-2(3)4/h3-8,20H,9-10H2,1-2H3,(H2,24,31)(H,25,32);1H3,(H,3,4). The lowest BCUT2D eigenvalue weighted by atomic mass is 10.1. The van der Waals surface area contributed by atoms with Crippen LogP contribution in [0.1, 0.15) is 63.2 Å². The second-order valence-electron chi connectivity index (χ2n) is 7.90. The van der Waals surface area contributed by atoms with E-state index < -0.39 is 29.7 Å². The molecule has 14 heteroatoms. The van der Waals surface area contributed by atoms with Crippen LogP contribution in [-0.2, 0) is 16.2 Å². The number of hydrogen-bond donors (Lipinski definition) is 3. The maximum absolute atomic E-state index is 13.6. The van der Waals surface area contributed by atoms with Gasteiger partial charge in [0, 0.05) is 19.9 Å². The van der Waals surface area contributed by atoms with Crippen molar-refractivity contribution in [2.24, 2.45) is 10.9 Å². The summed E-state index contributed by atoms with van der Waals surface area (Å²) < 4.78 is 18.5. The molecule has 4 N–H and O–H groups in total. The summed E-state index contributed by atoms with van der Waals surface area (Å²) in [6.07, 6.45) is -0.192. The van der Waals surface area contributed by atoms with Crippen molar-refractivity contribution in [1.29, 1.82) is 0 Å². The monoisotopic (exact) mass is 525 g/mol. The van der Waals surface area contributed by atoms with Gasteiger partial charge in [-0.1, -0.05) is 11.2 Å². The number of ether oxygens (including phenoxy) is 1. The molecule has 0 bridgehead atoms. The lowest BCUT2D eigenvalue weighted by molar-refractivity contribution is -0.134. The van der Waals surface area contributed by atoms with Crippen LogP contribution < -0.4 is 15.8 Å². The minimum Gasteiger partial charge on any atom is -0.494 e. The zero-order valence-electron chi connectivity index (χ0n) is 20.6. The van der Waals surface area contributed by atoms with E-state index >= 15 is 0 Å². The van der Waals surface area contributed by atoms with Gasteiger partial charge in [0.15, 0.2) is 23.4 Å². The molecule has 3 aromatic rings. The largest absolute Gasteiger partial charge is 0.494 e. The minimum atomic E-state index is -0.833. The molecule has 198 valence electrons. The average molecular weight is 525 g/mol. The Hall–Kier alpha value is -5.01. The van der Waals surface area contributed by atoms with Crippen molar-refractivity contribution in [3.63, 3.8) is 0 Å². The molecule has 1 aliphatic rings. The number of halogens is 1. The Morgan fingerprint density at radius 1 is 1.16 bits per heavy atom. The third-order valence-electron chi connectivity index (χ3n) is 4.97. The van der Waals surface area contributed by atoms with E-state index in [0.717, 1.165) is 6.92 Å². The number of benzene rings is 1. The summed E-state index contributed by atoms with van der Waals surface area (Å²) in [5, 5.41) is 22.0. The van der Waals surface area contributed by atoms with E-state index in [9.17, 15) is 14.0 Å². The van der Waals surface area contributed by atoms with E-state index in [1.807, 2.05) is 0 Å². The molecule has 38 heavy (non-hydrogen) atoms. The van der Waals surface area contributed by atoms with Gasteiger partial charge >= 0.3 is 0 Å². The van der Waals surface area contributed by atoms with Gasteiger partial charge in [-0.3, -0.25) is 14.4 Å². The number of nitrogens with two attached hydrogens (primary N) is 1. The number of primary amides is 1. The number of aliphatic carboxylic acids is 1. The number of oxime groups is 1. The van der Waals surface area contributed by atoms with Crippen LogP contribution in [-0.4, -0.2) is 55.9 Å². The number of methoxy groups -OCH3 is 1. The summed E-state index contributed by atoms with van der Waals surface area (Å²) in [4.78, 5) is 46.9. The number of nitrogens with zero attached hydrogens (tertiary/aromatic N) is 5. The Morgan fingerprint density at radius 3 is 2.53 bits per heavy atom. The molecule has 1 unspecified atom stereocenters. The third kappa shape index (κ3) is 7.25. The normalized spacial score (nSPS) is 13.9. The maximum atomic E-state index is 13.6. The number of carboxylic acid groups (broad SMARTS) is 1. The van der Waals surface area contributed by atoms with Gasteiger partial charge in [-0.05, 0) is 42.8 Å². The Balaban J connectivity index is 0.000000934. The highest BCUT2D eigenvalue weighted by atomic mass is 19.1. The highest BCUT2D eigenvalue weighted by molar-refractivity contribution is 6.02. The van der Waals surface area contributed by atoms with E-state index in [1.54, 1.807) is 19.1 Å². The van der Waals surface area contributed by atoms with Gasteiger partial charge in [0.1, 0.15) is 22.9 Å². The van der Waals surface area contributed by atoms with Crippen molar-refractivity contribution in [3.8, 4) is 5.75 Å². The van der Waals surface area contributed by atoms with Gasteiger partial charge in [0.05, 0.1) is 12.8 Å². The number of carboxylic acids is 1. The van der Waals surface area contributed by atoms with Crippen molar-refractivity contribution in [1.82, 2.24) is 25.5 Å². The van der Waals surface area contributed by atoms with Crippen LogP contribution in [0.4, 0.5) is 4.39 Å². The number of aryl methyl sites for hydroxylation is 1. The first-order chi connectivity index (χ1) is 18.1. The van der Waals surface area contributed by atoms with E-state index in [2.05, 4.69) is 30.6 Å². The first kappa shape index (κ1) is 27.6. The highest BCUT2D eigenvalue weighted by Crippen LogP contribution is 2.27. The van der Waals surface area contributed by atoms with E-state index in [-0.39, 0.29) is 23.7 Å². The first-order valence-electron chi connectivity index (χ1n) is 11.1. The minimum absolute atomic E-state index is 0.0454. The number of carbonyl (C=O) groups is 3. The highest BCUT2D eigenvalue weighted by Gasteiger charge is 2.27. The molecule has 1 aliphatic heterocycles. The van der Waals surface area contributed by atoms with Crippen LogP contribution in [0.2, 0.25) is 0 Å². The molecule has 13 nitrogen and oxygen atoms in total. The van der Waals surface area contributed by atoms with Gasteiger partial charge < -0.3 is 25.7 Å². The van der Waals surface area contributed by atoms with Crippen LogP contribution in [0.3, 0.4) is 0 Å². The fourth-order valence-corrected chi connectivity index (χ4v) is 3.25. The van der Waals surface area contributed by atoms with Gasteiger partial charge in [-0.25, -0.2) is 14.4 Å². The van der Waals surface area contributed by atoms with Crippen LogP contribution in [0.15, 0.2) is 41.6 Å². The molecule has 0 spiro atoms. The van der Waals surface area contributed by atoms with Crippen molar-refractivity contribution < 1.29 is 33.5 Å². The summed E-state index contributed by atoms with van der Waals surface area (Å²) in [5.74, 6) is -1.96. The Bertz CT molecular complexity index is 1380. The molecule has 0 fully saturated rings. The van der Waals surface area contributed by atoms with Gasteiger partial charge in [0.25, 0.3) is 17.8 Å². The number of rotatable bonds is 7. The molecule has 0 saturated heterocycles. The molecule has 3 heterocycles. The third-order valence-corrected chi connectivity index (χ3v) is 4.97. The van der Waals surface area contributed by atoms with Crippen LogP contribution >= 0.6 is 0 Å². The molecule has 2 amide bonds. The van der Waals surface area contributed by atoms with E-state index in [0.29, 0.717) is 34.9 Å².